The fourth-order valence-electron chi connectivity index (χ4n) is 4.35. The number of phenolic OH excluding ortho intramolecular Hbond substituents is 1. The van der Waals surface area contributed by atoms with Gasteiger partial charge >= 0.3 is 0 Å². The van der Waals surface area contributed by atoms with Crippen molar-refractivity contribution in [3.63, 3.8) is 0 Å². The molecule has 0 saturated carbocycles. The second-order valence-corrected chi connectivity index (χ2v) is 9.08. The number of phenols is 1. The number of nitrogens with zero attached hydrogens (tertiary/aromatic N) is 2. The Morgan fingerprint density at radius 2 is 1.34 bits per heavy atom. The predicted molar refractivity (Wildman–Crippen MR) is 139 cm³/mol. The van der Waals surface area contributed by atoms with Crippen LogP contribution in [-0.4, -0.2) is 59.4 Å². The van der Waals surface area contributed by atoms with Crippen LogP contribution in [0.1, 0.15) is 36.0 Å². The fourth-order valence-corrected chi connectivity index (χ4v) is 4.35. The number of aromatic hydroxyl groups is 1. The molecule has 0 aliphatic heterocycles. The van der Waals surface area contributed by atoms with Crippen molar-refractivity contribution in [1.82, 2.24) is 9.80 Å². The summed E-state index contributed by atoms with van der Waals surface area (Å²) < 4.78 is 0. The van der Waals surface area contributed by atoms with Crippen LogP contribution in [0, 0.1) is 0 Å². The molecule has 0 saturated heterocycles. The van der Waals surface area contributed by atoms with Gasteiger partial charge in [-0.05, 0) is 48.6 Å². The Morgan fingerprint density at radius 1 is 0.829 bits per heavy atom. The second kappa shape index (κ2) is 12.2. The molecular weight excluding hydrogens is 438 g/mol. The molecule has 3 aromatic carbocycles. The van der Waals surface area contributed by atoms with E-state index in [1.165, 1.54) is 4.90 Å². The Bertz CT molecular complexity index is 1050. The van der Waals surface area contributed by atoms with Crippen molar-refractivity contribution in [2.24, 2.45) is 5.73 Å². The lowest BCUT2D eigenvalue weighted by molar-refractivity contribution is -0.144. The number of amides is 2. The number of benzene rings is 3. The van der Waals surface area contributed by atoms with E-state index in [0.29, 0.717) is 19.4 Å². The zero-order valence-corrected chi connectivity index (χ0v) is 20.7. The summed E-state index contributed by atoms with van der Waals surface area (Å²) in [5.74, 6) is -0.178. The summed E-state index contributed by atoms with van der Waals surface area (Å²) in [4.78, 5) is 29.5. The summed E-state index contributed by atoms with van der Waals surface area (Å²) >= 11 is 0. The van der Waals surface area contributed by atoms with Crippen LogP contribution >= 0.6 is 0 Å². The fraction of sp³-hybridized carbons (Fsp3) is 0.310. The monoisotopic (exact) mass is 473 g/mol. The van der Waals surface area contributed by atoms with Crippen LogP contribution in [0.15, 0.2) is 84.9 Å². The molecule has 0 spiro atoms. The van der Waals surface area contributed by atoms with Crippen molar-refractivity contribution in [1.29, 1.82) is 0 Å². The van der Waals surface area contributed by atoms with Crippen molar-refractivity contribution < 1.29 is 14.7 Å². The standard InChI is InChI=1S/C29H35N3O3/c1-21(28(34)31(2)3)32(29(35)27(30)20-22-14-16-25(33)17-15-22)19-18-26(23-10-6-4-7-11-23)24-12-8-5-9-13-24/h4-17,21,26-27,33H,18-20,30H2,1-3H3/t21-,27+/m1/s1. The van der Waals surface area contributed by atoms with Crippen molar-refractivity contribution in [3.8, 4) is 5.75 Å². The Balaban J connectivity index is 1.84. The molecule has 35 heavy (non-hydrogen) atoms. The van der Waals surface area contributed by atoms with Crippen LogP contribution in [0.25, 0.3) is 0 Å². The second-order valence-electron chi connectivity index (χ2n) is 9.08. The molecule has 0 fully saturated rings. The maximum atomic E-state index is 13.5. The Labute approximate surface area is 208 Å². The van der Waals surface area contributed by atoms with Crippen molar-refractivity contribution in [2.75, 3.05) is 20.6 Å². The van der Waals surface area contributed by atoms with E-state index in [0.717, 1.165) is 16.7 Å². The maximum Gasteiger partial charge on any atom is 0.244 e. The van der Waals surface area contributed by atoms with Gasteiger partial charge in [0, 0.05) is 26.6 Å². The normalized spacial score (nSPS) is 12.7. The average molecular weight is 474 g/mol. The van der Waals surface area contributed by atoms with E-state index < -0.39 is 12.1 Å². The number of hydrogen-bond donors (Lipinski definition) is 2. The molecule has 6 heteroatoms. The zero-order valence-electron chi connectivity index (χ0n) is 20.7. The molecule has 2 amide bonds. The predicted octanol–water partition coefficient (Wildman–Crippen LogP) is 3.79. The summed E-state index contributed by atoms with van der Waals surface area (Å²) in [6.45, 7) is 2.14. The maximum absolute atomic E-state index is 13.5. The molecule has 0 aliphatic rings. The highest BCUT2D eigenvalue weighted by Gasteiger charge is 2.31. The molecule has 0 aliphatic carbocycles. The number of carbonyl (C=O) groups excluding carboxylic acids is 2. The third-order valence-electron chi connectivity index (χ3n) is 6.32. The minimum Gasteiger partial charge on any atom is -0.508 e. The molecule has 0 radical (unpaired) electrons. The van der Waals surface area contributed by atoms with Crippen molar-refractivity contribution in [3.05, 3.63) is 102 Å². The third kappa shape index (κ3) is 6.93. The lowest BCUT2D eigenvalue weighted by Gasteiger charge is -2.33. The Morgan fingerprint density at radius 3 is 1.83 bits per heavy atom. The Hall–Kier alpha value is -3.64. The molecule has 0 bridgehead atoms. The smallest absolute Gasteiger partial charge is 0.244 e. The van der Waals surface area contributed by atoms with Gasteiger partial charge in [0.25, 0.3) is 0 Å². The molecule has 2 atom stereocenters. The van der Waals surface area contributed by atoms with Crippen LogP contribution in [0.2, 0.25) is 0 Å². The first-order valence-electron chi connectivity index (χ1n) is 11.9. The third-order valence-corrected chi connectivity index (χ3v) is 6.32. The lowest BCUT2D eigenvalue weighted by atomic mass is 9.88. The van der Waals surface area contributed by atoms with E-state index in [1.807, 2.05) is 36.4 Å². The highest BCUT2D eigenvalue weighted by atomic mass is 16.3. The van der Waals surface area contributed by atoms with Gasteiger partial charge in [0.1, 0.15) is 11.8 Å². The Kier molecular flexibility index (Phi) is 9.04. The van der Waals surface area contributed by atoms with Crippen LogP contribution in [0.5, 0.6) is 5.75 Å². The molecule has 0 unspecified atom stereocenters. The van der Waals surface area contributed by atoms with Crippen molar-refractivity contribution >= 4 is 11.8 Å². The summed E-state index contributed by atoms with van der Waals surface area (Å²) in [5, 5.41) is 9.54. The molecule has 0 aromatic heterocycles. The van der Waals surface area contributed by atoms with Gasteiger partial charge in [-0.1, -0.05) is 72.8 Å². The van der Waals surface area contributed by atoms with E-state index in [2.05, 4.69) is 24.3 Å². The van der Waals surface area contributed by atoms with E-state index in [4.69, 9.17) is 5.73 Å². The molecule has 3 N–H and O–H groups in total. The van der Waals surface area contributed by atoms with Gasteiger partial charge in [-0.3, -0.25) is 9.59 Å². The van der Waals surface area contributed by atoms with Gasteiger partial charge in [-0.25, -0.2) is 0 Å². The van der Waals surface area contributed by atoms with Crippen LogP contribution < -0.4 is 5.73 Å². The number of likely N-dealkylation sites (N-methyl/N-ethyl adjacent to an activating group) is 1. The van der Waals surface area contributed by atoms with Crippen LogP contribution in [0.4, 0.5) is 0 Å². The lowest BCUT2D eigenvalue weighted by Crippen LogP contribution is -2.53. The summed E-state index contributed by atoms with van der Waals surface area (Å²) in [7, 11) is 3.38. The minimum atomic E-state index is -0.802. The SMILES string of the molecule is C[C@H](C(=O)N(C)C)N(CCC(c1ccccc1)c1ccccc1)C(=O)[C@@H](N)Cc1ccc(O)cc1. The summed E-state index contributed by atoms with van der Waals surface area (Å²) in [6.07, 6.45) is 0.968. The van der Waals surface area contributed by atoms with E-state index in [1.54, 1.807) is 50.2 Å². The van der Waals surface area contributed by atoms with Crippen molar-refractivity contribution in [2.45, 2.75) is 37.8 Å². The molecule has 3 rings (SSSR count). The van der Waals surface area contributed by atoms with E-state index in [-0.39, 0.29) is 23.5 Å². The quantitative estimate of drug-likeness (QED) is 0.469. The molecule has 6 nitrogen and oxygen atoms in total. The number of carbonyl (C=O) groups is 2. The van der Waals surface area contributed by atoms with Crippen LogP contribution in [-0.2, 0) is 16.0 Å². The van der Waals surface area contributed by atoms with Gasteiger partial charge < -0.3 is 20.6 Å². The number of hydrogen-bond acceptors (Lipinski definition) is 4. The zero-order chi connectivity index (χ0) is 25.4. The molecular formula is C29H35N3O3. The molecule has 3 aromatic rings. The highest BCUT2D eigenvalue weighted by molar-refractivity contribution is 5.89. The number of nitrogens with two attached hydrogens (primary N) is 1. The minimum absolute atomic E-state index is 0.0719. The molecule has 184 valence electrons. The average Bonchev–Trinajstić information content (AvgIpc) is 2.87. The van der Waals surface area contributed by atoms with E-state index in [9.17, 15) is 14.7 Å². The van der Waals surface area contributed by atoms with Gasteiger partial charge in [0.15, 0.2) is 0 Å². The highest BCUT2D eigenvalue weighted by Crippen LogP contribution is 2.28. The first kappa shape index (κ1) is 26.0. The first-order valence-corrected chi connectivity index (χ1v) is 11.9. The van der Waals surface area contributed by atoms with Gasteiger partial charge in [0.2, 0.25) is 11.8 Å². The first-order chi connectivity index (χ1) is 16.8. The topological polar surface area (TPSA) is 86.9 Å². The van der Waals surface area contributed by atoms with E-state index >= 15 is 0 Å². The van der Waals surface area contributed by atoms with Gasteiger partial charge in [-0.15, -0.1) is 0 Å². The summed E-state index contributed by atoms with van der Waals surface area (Å²) in [5.41, 5.74) is 9.52. The molecule has 0 heterocycles. The largest absolute Gasteiger partial charge is 0.508 e. The number of rotatable bonds is 10. The van der Waals surface area contributed by atoms with Gasteiger partial charge in [0.05, 0.1) is 6.04 Å². The van der Waals surface area contributed by atoms with Crippen LogP contribution in [0.3, 0.4) is 0 Å². The van der Waals surface area contributed by atoms with Gasteiger partial charge in [-0.2, -0.15) is 0 Å². The summed E-state index contributed by atoms with van der Waals surface area (Å²) in [6, 6.07) is 25.6.